The van der Waals surface area contributed by atoms with E-state index in [0.29, 0.717) is 25.3 Å². The van der Waals surface area contributed by atoms with Crippen molar-refractivity contribution in [3.8, 4) is 0 Å². The SMILES string of the molecule is CCN(C[C@H]1CC[C@H](C(=O)O)CC1)c1cc2c(cc1CN(Cc1cc(C(F)(F)F)cc(C(F)(F)F)c1)c1ncn(C)n1)CCC2.Cl. The van der Waals surface area contributed by atoms with Gasteiger partial charge in [0.25, 0.3) is 0 Å². The van der Waals surface area contributed by atoms with Gasteiger partial charge >= 0.3 is 18.3 Å². The van der Waals surface area contributed by atoms with Crippen molar-refractivity contribution in [2.75, 3.05) is 22.9 Å². The van der Waals surface area contributed by atoms with Crippen LogP contribution in [-0.4, -0.2) is 38.9 Å². The van der Waals surface area contributed by atoms with Crippen molar-refractivity contribution in [2.24, 2.45) is 18.9 Å². The Bertz CT molecular complexity index is 1490. The van der Waals surface area contributed by atoms with Crippen LogP contribution in [0.1, 0.15) is 72.4 Å². The second-order valence-corrected chi connectivity index (χ2v) is 12.2. The molecule has 14 heteroatoms. The van der Waals surface area contributed by atoms with Gasteiger partial charge in [-0.15, -0.1) is 17.5 Å². The number of benzene rings is 2. The number of halogens is 7. The lowest BCUT2D eigenvalue weighted by Crippen LogP contribution is -2.34. The molecular weight excluding hydrogens is 636 g/mol. The number of carboxylic acids is 1. The summed E-state index contributed by atoms with van der Waals surface area (Å²) in [5, 5.41) is 13.8. The monoisotopic (exact) mass is 673 g/mol. The molecule has 0 amide bonds. The van der Waals surface area contributed by atoms with Gasteiger partial charge < -0.3 is 14.9 Å². The van der Waals surface area contributed by atoms with Crippen LogP contribution in [0.5, 0.6) is 0 Å². The van der Waals surface area contributed by atoms with E-state index in [1.165, 1.54) is 22.1 Å². The minimum Gasteiger partial charge on any atom is -0.481 e. The van der Waals surface area contributed by atoms with Crippen molar-refractivity contribution in [1.82, 2.24) is 14.8 Å². The zero-order valence-corrected chi connectivity index (χ0v) is 26.5. The van der Waals surface area contributed by atoms with E-state index in [2.05, 4.69) is 27.1 Å². The summed E-state index contributed by atoms with van der Waals surface area (Å²) in [6, 6.07) is 5.90. The Morgan fingerprint density at radius 2 is 1.52 bits per heavy atom. The Balaban J connectivity index is 0.00000480. The van der Waals surface area contributed by atoms with Crippen molar-refractivity contribution in [2.45, 2.75) is 77.3 Å². The van der Waals surface area contributed by atoms with Gasteiger partial charge in [-0.2, -0.15) is 26.3 Å². The Labute approximate surface area is 270 Å². The standard InChI is InChI=1S/C32H37F6N5O2.ClH/c1-3-42(16-20-7-9-22(10-8-20)29(44)45)28-14-24-6-4-5-23(24)13-25(28)18-43(30-39-19-41(2)40-30)17-21-11-26(31(33,34)35)15-27(12-21)32(36,37)38;/h11-15,19-20,22H,3-10,16-18H2,1-2H3,(H,44,45);1H/t20-,22-;. The summed E-state index contributed by atoms with van der Waals surface area (Å²) in [4.78, 5) is 19.6. The van der Waals surface area contributed by atoms with Gasteiger partial charge in [0.1, 0.15) is 6.33 Å². The van der Waals surface area contributed by atoms with Gasteiger partial charge in [-0.25, -0.2) is 4.98 Å². The van der Waals surface area contributed by atoms with Crippen molar-refractivity contribution < 1.29 is 36.2 Å². The molecule has 0 saturated heterocycles. The van der Waals surface area contributed by atoms with E-state index in [0.717, 1.165) is 62.0 Å². The molecule has 2 aliphatic carbocycles. The van der Waals surface area contributed by atoms with E-state index in [4.69, 9.17) is 0 Å². The summed E-state index contributed by atoms with van der Waals surface area (Å²) in [6.07, 6.45) is -2.80. The smallest absolute Gasteiger partial charge is 0.416 e. The summed E-state index contributed by atoms with van der Waals surface area (Å²) in [5.41, 5.74) is 1.36. The van der Waals surface area contributed by atoms with Crippen LogP contribution in [-0.2, 0) is 50.1 Å². The van der Waals surface area contributed by atoms with Crippen molar-refractivity contribution in [1.29, 1.82) is 0 Å². The van der Waals surface area contributed by atoms with Crippen molar-refractivity contribution in [3.63, 3.8) is 0 Å². The number of hydrogen-bond acceptors (Lipinski definition) is 5. The molecule has 0 bridgehead atoms. The first-order valence-electron chi connectivity index (χ1n) is 15.2. The summed E-state index contributed by atoms with van der Waals surface area (Å²) < 4.78 is 83.4. The topological polar surface area (TPSA) is 74.5 Å². The van der Waals surface area contributed by atoms with Gasteiger partial charge in [0, 0.05) is 38.9 Å². The van der Waals surface area contributed by atoms with Crippen molar-refractivity contribution in [3.05, 3.63) is 70.0 Å². The lowest BCUT2D eigenvalue weighted by molar-refractivity contribution is -0.144. The Kier molecular flexibility index (Phi) is 10.8. The number of nitrogens with zero attached hydrogens (tertiary/aromatic N) is 5. The van der Waals surface area contributed by atoms with Gasteiger partial charge in [0.05, 0.1) is 17.0 Å². The highest BCUT2D eigenvalue weighted by Gasteiger charge is 2.37. The van der Waals surface area contributed by atoms with Crippen LogP contribution in [0, 0.1) is 11.8 Å². The third kappa shape index (κ3) is 8.26. The highest BCUT2D eigenvalue weighted by molar-refractivity contribution is 5.85. The first-order valence-corrected chi connectivity index (χ1v) is 15.2. The van der Waals surface area contributed by atoms with Crippen LogP contribution >= 0.6 is 12.4 Å². The fourth-order valence-corrected chi connectivity index (χ4v) is 6.59. The van der Waals surface area contributed by atoms with Gasteiger partial charge in [-0.05, 0) is 104 Å². The highest BCUT2D eigenvalue weighted by Crippen LogP contribution is 2.38. The van der Waals surface area contributed by atoms with E-state index in [9.17, 15) is 36.2 Å². The van der Waals surface area contributed by atoms with E-state index in [1.807, 2.05) is 6.92 Å². The molecule has 0 radical (unpaired) electrons. The minimum atomic E-state index is -4.96. The molecule has 252 valence electrons. The number of anilines is 2. The molecule has 1 saturated carbocycles. The Hall–Kier alpha value is -3.48. The average Bonchev–Trinajstić information content (AvgIpc) is 3.63. The minimum absolute atomic E-state index is 0. The highest BCUT2D eigenvalue weighted by atomic mass is 35.5. The number of aromatic nitrogens is 3. The predicted octanol–water partition coefficient (Wildman–Crippen LogP) is 7.69. The van der Waals surface area contributed by atoms with Gasteiger partial charge in [-0.1, -0.05) is 6.07 Å². The van der Waals surface area contributed by atoms with Crippen molar-refractivity contribution >= 4 is 30.0 Å². The number of carbonyl (C=O) groups is 1. The lowest BCUT2D eigenvalue weighted by Gasteiger charge is -2.34. The summed E-state index contributed by atoms with van der Waals surface area (Å²) in [5.74, 6) is -0.584. The van der Waals surface area contributed by atoms with Crippen LogP contribution in [0.25, 0.3) is 0 Å². The maximum Gasteiger partial charge on any atom is 0.416 e. The number of rotatable bonds is 10. The molecule has 7 nitrogen and oxygen atoms in total. The van der Waals surface area contributed by atoms with Crippen LogP contribution in [0.4, 0.5) is 38.0 Å². The molecule has 1 aromatic heterocycles. The van der Waals surface area contributed by atoms with E-state index in [1.54, 1.807) is 11.9 Å². The number of carboxylic acid groups (broad SMARTS) is 1. The first kappa shape index (κ1) is 35.4. The molecule has 1 fully saturated rings. The molecule has 46 heavy (non-hydrogen) atoms. The van der Waals surface area contributed by atoms with E-state index in [-0.39, 0.29) is 49.0 Å². The number of hydrogen-bond donors (Lipinski definition) is 1. The zero-order chi connectivity index (χ0) is 32.5. The molecular formula is C32H38ClF6N5O2. The second kappa shape index (κ2) is 14.1. The molecule has 2 aliphatic rings. The summed E-state index contributed by atoms with van der Waals surface area (Å²) in [7, 11) is 1.64. The first-order chi connectivity index (χ1) is 21.2. The number of fused-ring (bicyclic) bond motifs is 1. The fourth-order valence-electron chi connectivity index (χ4n) is 6.59. The maximum atomic E-state index is 13.7. The molecule has 0 aliphatic heterocycles. The van der Waals surface area contributed by atoms with Crippen LogP contribution < -0.4 is 9.80 Å². The predicted molar refractivity (Wildman–Crippen MR) is 164 cm³/mol. The number of aliphatic carboxylic acids is 1. The van der Waals surface area contributed by atoms with Gasteiger partial charge in [-0.3, -0.25) is 9.48 Å². The third-order valence-corrected chi connectivity index (χ3v) is 8.94. The molecule has 0 unspecified atom stereocenters. The van der Waals surface area contributed by atoms with Gasteiger partial charge in [0.2, 0.25) is 5.95 Å². The Morgan fingerprint density at radius 1 is 0.913 bits per heavy atom. The van der Waals surface area contributed by atoms with Gasteiger partial charge in [0.15, 0.2) is 0 Å². The molecule has 2 aromatic carbocycles. The molecule has 5 rings (SSSR count). The fraction of sp³-hybridized carbons (Fsp3) is 0.531. The van der Waals surface area contributed by atoms with E-state index < -0.39 is 29.4 Å². The average molecular weight is 674 g/mol. The maximum absolute atomic E-state index is 13.7. The van der Waals surface area contributed by atoms with Crippen LogP contribution in [0.2, 0.25) is 0 Å². The van der Waals surface area contributed by atoms with Crippen LogP contribution in [0.3, 0.4) is 0 Å². The lowest BCUT2D eigenvalue weighted by atomic mass is 9.81. The molecule has 3 aromatic rings. The number of aryl methyl sites for hydroxylation is 3. The number of alkyl halides is 6. The quantitative estimate of drug-likeness (QED) is 0.223. The zero-order valence-electron chi connectivity index (χ0n) is 25.7. The van der Waals surface area contributed by atoms with Crippen LogP contribution in [0.15, 0.2) is 36.7 Å². The molecule has 0 atom stereocenters. The summed E-state index contributed by atoms with van der Waals surface area (Å²) >= 11 is 0. The molecule has 0 spiro atoms. The Morgan fingerprint density at radius 3 is 2.04 bits per heavy atom. The molecule has 1 N–H and O–H groups in total. The normalized spacial score (nSPS) is 18.2. The van der Waals surface area contributed by atoms with E-state index >= 15 is 0 Å². The largest absolute Gasteiger partial charge is 0.481 e. The third-order valence-electron chi connectivity index (χ3n) is 8.94. The summed E-state index contributed by atoms with van der Waals surface area (Å²) in [6.45, 7) is 3.32. The molecule has 1 heterocycles. The second-order valence-electron chi connectivity index (χ2n) is 12.2.